The van der Waals surface area contributed by atoms with E-state index in [1.54, 1.807) is 0 Å². The van der Waals surface area contributed by atoms with Crippen molar-refractivity contribution < 1.29 is 9.90 Å². The molecule has 1 N–H and O–H groups in total. The Bertz CT molecular complexity index is 707. The zero-order valence-electron chi connectivity index (χ0n) is 27.8. The number of unbranched alkanes of at least 4 members (excludes halogenated alkanes) is 18. The highest BCUT2D eigenvalue weighted by atomic mass is 16.4. The van der Waals surface area contributed by atoms with Crippen molar-refractivity contribution in [3.63, 3.8) is 0 Å². The molecule has 240 valence electrons. The lowest BCUT2D eigenvalue weighted by atomic mass is 9.79. The third-order valence-electron chi connectivity index (χ3n) is 8.23. The molecule has 0 radical (unpaired) electrons. The van der Waals surface area contributed by atoms with Crippen LogP contribution in [0.25, 0.3) is 0 Å². The van der Waals surface area contributed by atoms with Crippen LogP contribution in [0.3, 0.4) is 0 Å². The number of carboxylic acid groups (broad SMARTS) is 1. The van der Waals surface area contributed by atoms with E-state index < -0.39 is 11.4 Å². The van der Waals surface area contributed by atoms with Crippen molar-refractivity contribution in [3.8, 4) is 6.07 Å². The fourth-order valence-electron chi connectivity index (χ4n) is 5.33. The number of hydrogen-bond donors (Lipinski definition) is 1. The van der Waals surface area contributed by atoms with Gasteiger partial charge in [-0.3, -0.25) is 4.79 Å². The van der Waals surface area contributed by atoms with E-state index in [1.165, 1.54) is 89.9 Å². The Morgan fingerprint density at radius 2 is 0.833 bits per heavy atom. The molecule has 0 aliphatic rings. The minimum absolute atomic E-state index is 0.494. The Kier molecular flexibility index (Phi) is 30.3. The van der Waals surface area contributed by atoms with E-state index in [-0.39, 0.29) is 0 Å². The first-order chi connectivity index (χ1) is 20.6. The Balaban J connectivity index is 3.81. The summed E-state index contributed by atoms with van der Waals surface area (Å²) in [5.74, 6) is -0.921. The van der Waals surface area contributed by atoms with Crippen LogP contribution in [0, 0.1) is 16.7 Å². The van der Waals surface area contributed by atoms with Crippen LogP contribution in [0.2, 0.25) is 0 Å². The SMILES string of the molecule is CCCCCC=CCC=CCCCCCCCCC(C#N)(CCCCCCCCC=CCC=CCCCCC)C(=O)O. The summed E-state index contributed by atoms with van der Waals surface area (Å²) in [6.07, 6.45) is 47.3. The van der Waals surface area contributed by atoms with Crippen molar-refractivity contribution in [3.05, 3.63) is 48.6 Å². The molecular formula is C39H67NO2. The van der Waals surface area contributed by atoms with Gasteiger partial charge in [-0.15, -0.1) is 0 Å². The first-order valence-electron chi connectivity index (χ1n) is 17.9. The molecule has 3 heteroatoms. The van der Waals surface area contributed by atoms with E-state index in [0.29, 0.717) is 12.8 Å². The molecular weight excluding hydrogens is 514 g/mol. The molecule has 3 nitrogen and oxygen atoms in total. The van der Waals surface area contributed by atoms with Crippen LogP contribution in [0.5, 0.6) is 0 Å². The van der Waals surface area contributed by atoms with Gasteiger partial charge in [-0.05, 0) is 77.0 Å². The molecule has 0 rings (SSSR count). The third-order valence-corrected chi connectivity index (χ3v) is 8.23. The molecule has 0 bridgehead atoms. The first-order valence-corrected chi connectivity index (χ1v) is 17.9. The van der Waals surface area contributed by atoms with Gasteiger partial charge in [0.1, 0.15) is 0 Å². The molecule has 0 spiro atoms. The quantitative estimate of drug-likeness (QED) is 0.0654. The van der Waals surface area contributed by atoms with Crippen LogP contribution in [0.1, 0.15) is 181 Å². The fraction of sp³-hybridized carbons (Fsp3) is 0.744. The van der Waals surface area contributed by atoms with Gasteiger partial charge in [-0.25, -0.2) is 0 Å². The zero-order valence-corrected chi connectivity index (χ0v) is 27.8. The van der Waals surface area contributed by atoms with Gasteiger partial charge in [0.05, 0.1) is 6.07 Å². The molecule has 0 heterocycles. The van der Waals surface area contributed by atoms with Crippen LogP contribution in [0.15, 0.2) is 48.6 Å². The monoisotopic (exact) mass is 582 g/mol. The standard InChI is InChI=1S/C39H67NO2/c1-3-5-7-9-11-13-15-17-19-21-23-25-27-29-31-33-35-39(37-40,38(41)42)36-34-32-30-28-26-24-22-20-18-16-14-12-10-8-6-4-2/h11-14,17-20H,3-10,15-16,21-36H2,1-2H3,(H,41,42). The maximum absolute atomic E-state index is 12.0. The van der Waals surface area contributed by atoms with E-state index in [9.17, 15) is 15.2 Å². The Labute approximate surface area is 261 Å². The summed E-state index contributed by atoms with van der Waals surface area (Å²) >= 11 is 0. The zero-order chi connectivity index (χ0) is 30.8. The number of aliphatic carboxylic acids is 1. The number of carbonyl (C=O) groups is 1. The van der Waals surface area contributed by atoms with Crippen molar-refractivity contribution >= 4 is 5.97 Å². The molecule has 0 unspecified atom stereocenters. The van der Waals surface area contributed by atoms with Gasteiger partial charge in [-0.2, -0.15) is 5.26 Å². The summed E-state index contributed by atoms with van der Waals surface area (Å²) in [5, 5.41) is 19.6. The molecule has 0 saturated carbocycles. The molecule has 0 aliphatic carbocycles. The fourth-order valence-corrected chi connectivity index (χ4v) is 5.33. The smallest absolute Gasteiger partial charge is 0.324 e. The number of hydrogen-bond acceptors (Lipinski definition) is 2. The van der Waals surface area contributed by atoms with Crippen molar-refractivity contribution in [2.45, 2.75) is 181 Å². The average Bonchev–Trinajstić information content (AvgIpc) is 2.99. The molecule has 0 amide bonds. The highest BCUT2D eigenvalue weighted by Crippen LogP contribution is 2.32. The first kappa shape index (κ1) is 39.9. The maximum Gasteiger partial charge on any atom is 0.324 e. The summed E-state index contributed by atoms with van der Waals surface area (Å²) < 4.78 is 0. The molecule has 0 aromatic carbocycles. The van der Waals surface area contributed by atoms with Crippen LogP contribution in [-0.4, -0.2) is 11.1 Å². The lowest BCUT2D eigenvalue weighted by molar-refractivity contribution is -0.146. The van der Waals surface area contributed by atoms with Gasteiger partial charge in [0, 0.05) is 0 Å². The van der Waals surface area contributed by atoms with E-state index in [2.05, 4.69) is 68.5 Å². The summed E-state index contributed by atoms with van der Waals surface area (Å²) in [4.78, 5) is 12.0. The molecule has 42 heavy (non-hydrogen) atoms. The van der Waals surface area contributed by atoms with E-state index in [1.807, 2.05) is 0 Å². The van der Waals surface area contributed by atoms with Crippen LogP contribution in [-0.2, 0) is 4.79 Å². The minimum Gasteiger partial charge on any atom is -0.480 e. The predicted molar refractivity (Wildman–Crippen MR) is 184 cm³/mol. The summed E-state index contributed by atoms with van der Waals surface area (Å²) in [5.41, 5.74) is -1.19. The average molecular weight is 582 g/mol. The molecule has 0 atom stereocenters. The Morgan fingerprint density at radius 3 is 1.14 bits per heavy atom. The Hall–Kier alpha value is -2.08. The molecule has 0 fully saturated rings. The normalized spacial score (nSPS) is 13.5. The lowest BCUT2D eigenvalue weighted by Crippen LogP contribution is -2.29. The second kappa shape index (κ2) is 31.8. The van der Waals surface area contributed by atoms with Gasteiger partial charge in [0.15, 0.2) is 5.41 Å². The maximum atomic E-state index is 12.0. The van der Waals surface area contributed by atoms with Gasteiger partial charge < -0.3 is 5.11 Å². The molecule has 0 aliphatic heterocycles. The second-order valence-electron chi connectivity index (χ2n) is 12.2. The van der Waals surface area contributed by atoms with Crippen molar-refractivity contribution in [2.24, 2.45) is 5.41 Å². The van der Waals surface area contributed by atoms with Gasteiger partial charge in [0.2, 0.25) is 0 Å². The highest BCUT2D eigenvalue weighted by molar-refractivity contribution is 5.77. The largest absolute Gasteiger partial charge is 0.480 e. The molecule has 0 aromatic heterocycles. The Morgan fingerprint density at radius 1 is 0.524 bits per heavy atom. The second-order valence-corrected chi connectivity index (χ2v) is 12.2. The van der Waals surface area contributed by atoms with Crippen molar-refractivity contribution in [1.29, 1.82) is 5.26 Å². The number of nitriles is 1. The predicted octanol–water partition coefficient (Wildman–Crippen LogP) is 13.0. The van der Waals surface area contributed by atoms with Crippen LogP contribution >= 0.6 is 0 Å². The summed E-state index contributed by atoms with van der Waals surface area (Å²) in [7, 11) is 0. The number of nitrogens with zero attached hydrogens (tertiary/aromatic N) is 1. The number of allylic oxidation sites excluding steroid dienone is 8. The number of rotatable bonds is 31. The van der Waals surface area contributed by atoms with Gasteiger partial charge >= 0.3 is 5.97 Å². The van der Waals surface area contributed by atoms with Crippen LogP contribution < -0.4 is 0 Å². The molecule has 0 saturated heterocycles. The highest BCUT2D eigenvalue weighted by Gasteiger charge is 2.37. The van der Waals surface area contributed by atoms with Gasteiger partial charge in [-0.1, -0.05) is 152 Å². The van der Waals surface area contributed by atoms with Crippen molar-refractivity contribution in [1.82, 2.24) is 0 Å². The topological polar surface area (TPSA) is 61.1 Å². The van der Waals surface area contributed by atoms with Crippen molar-refractivity contribution in [2.75, 3.05) is 0 Å². The summed E-state index contributed by atoms with van der Waals surface area (Å²) in [6.45, 7) is 4.48. The minimum atomic E-state index is -1.19. The third kappa shape index (κ3) is 25.6. The van der Waals surface area contributed by atoms with Crippen LogP contribution in [0.4, 0.5) is 0 Å². The van der Waals surface area contributed by atoms with E-state index in [0.717, 1.165) is 64.2 Å². The van der Waals surface area contributed by atoms with E-state index >= 15 is 0 Å². The van der Waals surface area contributed by atoms with Gasteiger partial charge in [0.25, 0.3) is 0 Å². The molecule has 0 aromatic rings. The summed E-state index contributed by atoms with van der Waals surface area (Å²) in [6, 6.07) is 2.20. The lowest BCUT2D eigenvalue weighted by Gasteiger charge is -2.21. The van der Waals surface area contributed by atoms with E-state index in [4.69, 9.17) is 0 Å². The number of carboxylic acids is 1.